The lowest BCUT2D eigenvalue weighted by atomic mass is 10.2. The van der Waals surface area contributed by atoms with Gasteiger partial charge in [0.15, 0.2) is 0 Å². The Morgan fingerprint density at radius 1 is 1.50 bits per heavy atom. The second-order valence-electron chi connectivity index (χ2n) is 4.75. The van der Waals surface area contributed by atoms with Crippen LogP contribution < -0.4 is 5.56 Å². The molecule has 7 heteroatoms. The summed E-state index contributed by atoms with van der Waals surface area (Å²) in [7, 11) is 0. The predicted molar refractivity (Wildman–Crippen MR) is 76.5 cm³/mol. The molecule has 104 valence electrons. The zero-order valence-electron chi connectivity index (χ0n) is 10.6. The van der Waals surface area contributed by atoms with Crippen molar-refractivity contribution in [2.75, 3.05) is 13.1 Å². The average molecular weight is 337 g/mol. The van der Waals surface area contributed by atoms with E-state index >= 15 is 0 Å². The number of aromatic amines is 1. The summed E-state index contributed by atoms with van der Waals surface area (Å²) >= 11 is 3.36. The molecule has 2 aromatic rings. The second-order valence-corrected chi connectivity index (χ2v) is 5.66. The van der Waals surface area contributed by atoms with Gasteiger partial charge in [0.05, 0.1) is 16.7 Å². The van der Waals surface area contributed by atoms with Crippen LogP contribution in [0.4, 0.5) is 0 Å². The number of carbonyl (C=O) groups is 1. The lowest BCUT2D eigenvalue weighted by molar-refractivity contribution is 0.0785. The number of carbonyl (C=O) groups excluding carboxylic acids is 1. The Hall–Kier alpha value is -1.89. The lowest BCUT2D eigenvalue weighted by Gasteiger charge is -2.16. The van der Waals surface area contributed by atoms with Crippen molar-refractivity contribution >= 4 is 21.8 Å². The first-order chi connectivity index (χ1) is 9.65. The molecule has 0 bridgehead atoms. The van der Waals surface area contributed by atoms with Gasteiger partial charge in [0, 0.05) is 25.5 Å². The SMILES string of the molecule is O=C(c1ccc[nH]c1=O)N1CCC(n2cc(Br)cn2)C1. The Labute approximate surface area is 123 Å². The van der Waals surface area contributed by atoms with Crippen LogP contribution in [-0.4, -0.2) is 38.7 Å². The Balaban J connectivity index is 1.76. The van der Waals surface area contributed by atoms with Crippen LogP contribution in [-0.2, 0) is 0 Å². The third kappa shape index (κ3) is 2.40. The molecule has 20 heavy (non-hydrogen) atoms. The van der Waals surface area contributed by atoms with Crippen molar-refractivity contribution in [2.24, 2.45) is 0 Å². The number of nitrogens with zero attached hydrogens (tertiary/aromatic N) is 3. The molecule has 1 saturated heterocycles. The van der Waals surface area contributed by atoms with Gasteiger partial charge >= 0.3 is 0 Å². The minimum Gasteiger partial charge on any atom is -0.336 e. The van der Waals surface area contributed by atoms with Crippen molar-refractivity contribution < 1.29 is 4.79 Å². The van der Waals surface area contributed by atoms with E-state index in [1.807, 2.05) is 10.9 Å². The maximum atomic E-state index is 12.3. The normalized spacial score (nSPS) is 18.4. The van der Waals surface area contributed by atoms with Crippen molar-refractivity contribution in [1.82, 2.24) is 19.7 Å². The number of H-pyrrole nitrogens is 1. The number of amides is 1. The summed E-state index contributed by atoms with van der Waals surface area (Å²) in [6.07, 6.45) is 5.98. The fourth-order valence-corrected chi connectivity index (χ4v) is 2.72. The molecular weight excluding hydrogens is 324 g/mol. The number of rotatable bonds is 2. The van der Waals surface area contributed by atoms with Crippen LogP contribution in [0, 0.1) is 0 Å². The fraction of sp³-hybridized carbons (Fsp3) is 0.308. The van der Waals surface area contributed by atoms with E-state index in [0.717, 1.165) is 10.9 Å². The zero-order chi connectivity index (χ0) is 14.1. The summed E-state index contributed by atoms with van der Waals surface area (Å²) in [5.74, 6) is -0.222. The van der Waals surface area contributed by atoms with Gasteiger partial charge in [0.25, 0.3) is 11.5 Å². The van der Waals surface area contributed by atoms with Crippen molar-refractivity contribution in [2.45, 2.75) is 12.5 Å². The maximum absolute atomic E-state index is 12.3. The molecule has 2 aromatic heterocycles. The Morgan fingerprint density at radius 2 is 2.35 bits per heavy atom. The minimum absolute atomic E-state index is 0.160. The molecule has 0 aromatic carbocycles. The molecule has 0 aliphatic carbocycles. The highest BCUT2D eigenvalue weighted by molar-refractivity contribution is 9.10. The number of aromatic nitrogens is 3. The summed E-state index contributed by atoms with van der Waals surface area (Å²) in [5, 5.41) is 4.25. The quantitative estimate of drug-likeness (QED) is 0.901. The second kappa shape index (κ2) is 5.24. The summed E-state index contributed by atoms with van der Waals surface area (Å²) in [5.41, 5.74) is -0.155. The molecular formula is C13H13BrN4O2. The van der Waals surface area contributed by atoms with Crippen LogP contribution in [0.25, 0.3) is 0 Å². The molecule has 1 fully saturated rings. The van der Waals surface area contributed by atoms with Crippen LogP contribution in [0.3, 0.4) is 0 Å². The molecule has 3 heterocycles. The van der Waals surface area contributed by atoms with Gasteiger partial charge in [-0.3, -0.25) is 14.3 Å². The number of nitrogens with one attached hydrogen (secondary N) is 1. The van der Waals surface area contributed by atoms with E-state index in [4.69, 9.17) is 0 Å². The highest BCUT2D eigenvalue weighted by Crippen LogP contribution is 2.23. The Kier molecular flexibility index (Phi) is 3.43. The minimum atomic E-state index is -0.345. The molecule has 1 N–H and O–H groups in total. The zero-order valence-corrected chi connectivity index (χ0v) is 12.2. The summed E-state index contributed by atoms with van der Waals surface area (Å²) in [6, 6.07) is 3.37. The van der Waals surface area contributed by atoms with Gasteiger partial charge in [-0.1, -0.05) is 0 Å². The molecule has 1 unspecified atom stereocenters. The van der Waals surface area contributed by atoms with E-state index < -0.39 is 0 Å². The van der Waals surface area contributed by atoms with Gasteiger partial charge < -0.3 is 9.88 Å². The van der Waals surface area contributed by atoms with E-state index in [9.17, 15) is 9.59 Å². The van der Waals surface area contributed by atoms with E-state index in [1.165, 1.54) is 6.20 Å². The average Bonchev–Trinajstić information content (AvgIpc) is 3.07. The van der Waals surface area contributed by atoms with Gasteiger partial charge in [-0.2, -0.15) is 5.10 Å². The first-order valence-corrected chi connectivity index (χ1v) is 7.11. The standard InChI is InChI=1S/C13H13BrN4O2/c14-9-6-16-18(7-9)10-3-5-17(8-10)13(20)11-2-1-4-15-12(11)19/h1-2,4,6-7,10H,3,5,8H2,(H,15,19). The Morgan fingerprint density at radius 3 is 3.05 bits per heavy atom. The smallest absolute Gasteiger partial charge is 0.260 e. The summed E-state index contributed by atoms with van der Waals surface area (Å²) in [6.45, 7) is 1.20. The monoisotopic (exact) mass is 336 g/mol. The molecule has 1 atom stereocenters. The summed E-state index contributed by atoms with van der Waals surface area (Å²) in [4.78, 5) is 28.2. The third-order valence-corrected chi connectivity index (χ3v) is 3.85. The first-order valence-electron chi connectivity index (χ1n) is 6.32. The van der Waals surface area contributed by atoms with Gasteiger partial charge in [-0.25, -0.2) is 0 Å². The molecule has 6 nitrogen and oxygen atoms in total. The number of likely N-dealkylation sites (tertiary alicyclic amines) is 1. The third-order valence-electron chi connectivity index (χ3n) is 3.44. The van der Waals surface area contributed by atoms with Crippen LogP contribution in [0.2, 0.25) is 0 Å². The fourth-order valence-electron chi connectivity index (χ4n) is 2.42. The molecule has 0 spiro atoms. The van der Waals surface area contributed by atoms with Gasteiger partial charge in [0.1, 0.15) is 5.56 Å². The molecule has 0 saturated carbocycles. The maximum Gasteiger partial charge on any atom is 0.260 e. The first kappa shape index (κ1) is 13.1. The van der Waals surface area contributed by atoms with Gasteiger partial charge in [-0.15, -0.1) is 0 Å². The van der Waals surface area contributed by atoms with Crippen molar-refractivity contribution in [3.8, 4) is 0 Å². The molecule has 0 radical (unpaired) electrons. The topological polar surface area (TPSA) is 71.0 Å². The highest BCUT2D eigenvalue weighted by Gasteiger charge is 2.29. The number of halogens is 1. The van der Waals surface area contributed by atoms with E-state index in [0.29, 0.717) is 13.1 Å². The molecule has 1 aliphatic heterocycles. The van der Waals surface area contributed by atoms with Crippen LogP contribution in [0.5, 0.6) is 0 Å². The number of pyridine rings is 1. The van der Waals surface area contributed by atoms with Gasteiger partial charge in [0.2, 0.25) is 0 Å². The van der Waals surface area contributed by atoms with E-state index in [2.05, 4.69) is 26.0 Å². The number of hydrogen-bond donors (Lipinski definition) is 1. The van der Waals surface area contributed by atoms with Gasteiger partial charge in [-0.05, 0) is 34.5 Å². The van der Waals surface area contributed by atoms with E-state index in [1.54, 1.807) is 23.2 Å². The molecule has 1 aliphatic rings. The lowest BCUT2D eigenvalue weighted by Crippen LogP contribution is -2.33. The van der Waals surface area contributed by atoms with E-state index in [-0.39, 0.29) is 23.1 Å². The molecule has 3 rings (SSSR count). The predicted octanol–water partition coefficient (Wildman–Crippen LogP) is 1.42. The van der Waals surface area contributed by atoms with Crippen molar-refractivity contribution in [3.63, 3.8) is 0 Å². The summed E-state index contributed by atoms with van der Waals surface area (Å²) < 4.78 is 2.77. The highest BCUT2D eigenvalue weighted by atomic mass is 79.9. The number of hydrogen-bond acceptors (Lipinski definition) is 3. The Bertz CT molecular complexity index is 693. The molecule has 1 amide bonds. The van der Waals surface area contributed by atoms with Crippen molar-refractivity contribution in [3.05, 3.63) is 51.1 Å². The van der Waals surface area contributed by atoms with Crippen molar-refractivity contribution in [1.29, 1.82) is 0 Å². The van der Waals surface area contributed by atoms with Crippen LogP contribution >= 0.6 is 15.9 Å². The largest absolute Gasteiger partial charge is 0.336 e. The van der Waals surface area contributed by atoms with Crippen LogP contribution in [0.15, 0.2) is 40.0 Å². The van der Waals surface area contributed by atoms with Crippen LogP contribution in [0.1, 0.15) is 22.8 Å².